The topological polar surface area (TPSA) is 84.6 Å². The van der Waals surface area contributed by atoms with Crippen molar-refractivity contribution in [2.24, 2.45) is 14.1 Å². The van der Waals surface area contributed by atoms with Crippen molar-refractivity contribution in [3.05, 3.63) is 59.0 Å². The number of rotatable bonds is 5. The number of hydrogen-bond acceptors (Lipinski definition) is 4. The van der Waals surface area contributed by atoms with Gasteiger partial charge in [0.05, 0.1) is 21.6 Å². The van der Waals surface area contributed by atoms with E-state index >= 15 is 0 Å². The predicted molar refractivity (Wildman–Crippen MR) is 120 cm³/mol. The van der Waals surface area contributed by atoms with E-state index in [9.17, 15) is 18.0 Å². The Hall–Kier alpha value is -3.07. The molecule has 1 aromatic heterocycles. The smallest absolute Gasteiger partial charge is 0.328 e. The molecule has 0 atom stereocenters. The molecule has 3 aromatic rings. The molecule has 164 valence electrons. The van der Waals surface area contributed by atoms with Gasteiger partial charge in [0.15, 0.2) is 0 Å². The van der Waals surface area contributed by atoms with Gasteiger partial charge in [0.1, 0.15) is 6.54 Å². The van der Waals surface area contributed by atoms with Gasteiger partial charge in [0.2, 0.25) is 5.91 Å². The second-order valence-corrected chi connectivity index (χ2v) is 9.70. The molecule has 0 aliphatic carbocycles. The van der Waals surface area contributed by atoms with Gasteiger partial charge in [-0.3, -0.25) is 18.2 Å². The second-order valence-electron chi connectivity index (χ2n) is 7.84. The molecule has 2 heterocycles. The molecule has 1 aliphatic heterocycles. The van der Waals surface area contributed by atoms with Crippen LogP contribution in [-0.4, -0.2) is 48.0 Å². The number of piperidine rings is 1. The first-order valence-electron chi connectivity index (χ1n) is 10.3. The number of aryl methyl sites for hydroxylation is 2. The summed E-state index contributed by atoms with van der Waals surface area (Å²) in [6.45, 7) is 1.04. The Morgan fingerprint density at radius 2 is 1.58 bits per heavy atom. The Bertz CT molecular complexity index is 1270. The van der Waals surface area contributed by atoms with Crippen LogP contribution >= 0.6 is 0 Å². The number of aromatic nitrogens is 2. The molecule has 0 unspecified atom stereocenters. The van der Waals surface area contributed by atoms with Crippen molar-refractivity contribution in [3.63, 3.8) is 0 Å². The van der Waals surface area contributed by atoms with E-state index in [1.54, 1.807) is 55.4 Å². The van der Waals surface area contributed by atoms with Crippen molar-refractivity contribution in [1.29, 1.82) is 0 Å². The lowest BCUT2D eigenvalue weighted by Gasteiger charge is -2.30. The molecule has 1 aliphatic rings. The summed E-state index contributed by atoms with van der Waals surface area (Å²) in [6.07, 6.45) is 2.95. The average molecular weight is 443 g/mol. The molecule has 0 saturated carbocycles. The van der Waals surface area contributed by atoms with Crippen LogP contribution in [0.15, 0.2) is 58.2 Å². The Balaban J connectivity index is 1.76. The van der Waals surface area contributed by atoms with Crippen LogP contribution in [0.4, 0.5) is 5.69 Å². The SMILES string of the molecule is Cn1c(=O)n(C)c2cc(S(=O)(=O)N(CC(=O)N3CCCCC3)c3ccccc3)ccc21. The average Bonchev–Trinajstić information content (AvgIpc) is 3.02. The number of fused-ring (bicyclic) bond motifs is 1. The summed E-state index contributed by atoms with van der Waals surface area (Å²) in [4.78, 5) is 27.0. The van der Waals surface area contributed by atoms with Crippen LogP contribution < -0.4 is 9.99 Å². The molecular formula is C22H26N4O4S. The number of carbonyl (C=O) groups excluding carboxylic acids is 1. The normalized spacial score (nSPS) is 14.7. The monoisotopic (exact) mass is 442 g/mol. The summed E-state index contributed by atoms with van der Waals surface area (Å²) < 4.78 is 31.4. The maximum Gasteiger partial charge on any atom is 0.328 e. The molecule has 0 bridgehead atoms. The number of nitrogens with zero attached hydrogens (tertiary/aromatic N) is 4. The molecule has 1 fully saturated rings. The fraction of sp³-hybridized carbons (Fsp3) is 0.364. The predicted octanol–water partition coefficient (Wildman–Crippen LogP) is 2.08. The van der Waals surface area contributed by atoms with Gasteiger partial charge in [0.25, 0.3) is 10.0 Å². The van der Waals surface area contributed by atoms with Crippen molar-refractivity contribution in [2.45, 2.75) is 24.2 Å². The quantitative estimate of drug-likeness (QED) is 0.606. The Labute approximate surface area is 181 Å². The molecule has 2 aromatic carbocycles. The van der Waals surface area contributed by atoms with Gasteiger partial charge in [-0.2, -0.15) is 0 Å². The Morgan fingerprint density at radius 3 is 2.26 bits per heavy atom. The summed E-state index contributed by atoms with van der Waals surface area (Å²) in [5.74, 6) is -0.208. The number of sulfonamides is 1. The maximum absolute atomic E-state index is 13.7. The first-order valence-corrected chi connectivity index (χ1v) is 11.8. The second kappa shape index (κ2) is 8.22. The number of imidazole rings is 1. The lowest BCUT2D eigenvalue weighted by atomic mass is 10.1. The van der Waals surface area contributed by atoms with E-state index in [0.29, 0.717) is 29.8 Å². The van der Waals surface area contributed by atoms with Crippen LogP contribution in [0.1, 0.15) is 19.3 Å². The van der Waals surface area contributed by atoms with Gasteiger partial charge >= 0.3 is 5.69 Å². The highest BCUT2D eigenvalue weighted by atomic mass is 32.2. The van der Waals surface area contributed by atoms with Crippen molar-refractivity contribution in [2.75, 3.05) is 23.9 Å². The van der Waals surface area contributed by atoms with Crippen LogP contribution in [0.5, 0.6) is 0 Å². The summed E-state index contributed by atoms with van der Waals surface area (Å²) in [5.41, 5.74) is 1.35. The lowest BCUT2D eigenvalue weighted by Crippen LogP contribution is -2.44. The first-order chi connectivity index (χ1) is 14.8. The van der Waals surface area contributed by atoms with Gasteiger partial charge in [-0.25, -0.2) is 13.2 Å². The number of para-hydroxylation sites is 1. The zero-order chi connectivity index (χ0) is 22.2. The van der Waals surface area contributed by atoms with E-state index in [1.165, 1.54) is 21.3 Å². The van der Waals surface area contributed by atoms with E-state index in [-0.39, 0.29) is 23.0 Å². The number of likely N-dealkylation sites (tertiary alicyclic amines) is 1. The van der Waals surface area contributed by atoms with Crippen molar-refractivity contribution >= 4 is 32.7 Å². The number of carbonyl (C=O) groups is 1. The summed E-state index contributed by atoms with van der Waals surface area (Å²) in [7, 11) is -0.786. The fourth-order valence-electron chi connectivity index (χ4n) is 4.05. The van der Waals surface area contributed by atoms with E-state index in [1.807, 2.05) is 0 Å². The molecule has 0 spiro atoms. The van der Waals surface area contributed by atoms with Crippen LogP contribution in [0.25, 0.3) is 11.0 Å². The third-order valence-corrected chi connectivity index (χ3v) is 7.63. The van der Waals surface area contributed by atoms with E-state index in [2.05, 4.69) is 0 Å². The van der Waals surface area contributed by atoms with E-state index in [4.69, 9.17) is 0 Å². The highest BCUT2D eigenvalue weighted by Gasteiger charge is 2.30. The zero-order valence-corrected chi connectivity index (χ0v) is 18.5. The number of hydrogen-bond donors (Lipinski definition) is 0. The number of benzene rings is 2. The molecule has 1 amide bonds. The van der Waals surface area contributed by atoms with Crippen LogP contribution in [0.3, 0.4) is 0 Å². The van der Waals surface area contributed by atoms with Crippen molar-refractivity contribution in [1.82, 2.24) is 14.0 Å². The largest absolute Gasteiger partial charge is 0.341 e. The van der Waals surface area contributed by atoms with Crippen LogP contribution in [-0.2, 0) is 28.9 Å². The van der Waals surface area contributed by atoms with Gasteiger partial charge < -0.3 is 4.90 Å². The highest BCUT2D eigenvalue weighted by Crippen LogP contribution is 2.26. The molecule has 31 heavy (non-hydrogen) atoms. The highest BCUT2D eigenvalue weighted by molar-refractivity contribution is 7.92. The maximum atomic E-state index is 13.7. The van der Waals surface area contributed by atoms with E-state index < -0.39 is 10.0 Å². The van der Waals surface area contributed by atoms with Crippen LogP contribution in [0, 0.1) is 0 Å². The van der Waals surface area contributed by atoms with Gasteiger partial charge in [-0.15, -0.1) is 0 Å². The molecule has 1 saturated heterocycles. The number of anilines is 1. The first kappa shape index (κ1) is 21.2. The van der Waals surface area contributed by atoms with Gasteiger partial charge in [-0.1, -0.05) is 18.2 Å². The van der Waals surface area contributed by atoms with Gasteiger partial charge in [0, 0.05) is 27.2 Å². The van der Waals surface area contributed by atoms with Crippen molar-refractivity contribution in [3.8, 4) is 0 Å². The fourth-order valence-corrected chi connectivity index (χ4v) is 5.48. The summed E-state index contributed by atoms with van der Waals surface area (Å²) in [6, 6.07) is 13.2. The van der Waals surface area contributed by atoms with Crippen LogP contribution in [0.2, 0.25) is 0 Å². The molecular weight excluding hydrogens is 416 g/mol. The summed E-state index contributed by atoms with van der Waals surface area (Å²) >= 11 is 0. The third kappa shape index (κ3) is 3.85. The number of amides is 1. The Kier molecular flexibility index (Phi) is 5.62. The molecule has 4 rings (SSSR count). The minimum absolute atomic E-state index is 0.0384. The Morgan fingerprint density at radius 1 is 0.935 bits per heavy atom. The molecule has 9 heteroatoms. The molecule has 0 N–H and O–H groups in total. The van der Waals surface area contributed by atoms with E-state index in [0.717, 1.165) is 23.6 Å². The van der Waals surface area contributed by atoms with Crippen molar-refractivity contribution < 1.29 is 13.2 Å². The molecule has 8 nitrogen and oxygen atoms in total. The standard InChI is InChI=1S/C22H26N4O4S/c1-23-19-12-11-18(15-20(19)24(2)22(23)28)31(29,30)26(17-9-5-3-6-10-17)16-21(27)25-13-7-4-8-14-25/h3,5-6,9-12,15H,4,7-8,13-14,16H2,1-2H3. The minimum Gasteiger partial charge on any atom is -0.341 e. The zero-order valence-electron chi connectivity index (χ0n) is 17.7. The minimum atomic E-state index is -4.04. The van der Waals surface area contributed by atoms with Gasteiger partial charge in [-0.05, 0) is 49.6 Å². The molecule has 0 radical (unpaired) electrons. The third-order valence-electron chi connectivity index (χ3n) is 5.86. The lowest BCUT2D eigenvalue weighted by molar-refractivity contribution is -0.130. The summed E-state index contributed by atoms with van der Waals surface area (Å²) in [5, 5.41) is 0.